The molecule has 9 heteroatoms. The molecular formula is C34H47BrN2O6. The molecule has 43 heavy (non-hydrogen) atoms. The zero-order valence-electron chi connectivity index (χ0n) is 26.4. The van der Waals surface area contributed by atoms with Gasteiger partial charge in [0.25, 0.3) is 5.91 Å². The number of benzene rings is 2. The second kappa shape index (κ2) is 16.5. The van der Waals surface area contributed by atoms with Crippen LogP contribution in [0.1, 0.15) is 74.4 Å². The number of hydrogen-bond donors (Lipinski definition) is 2. The number of aromatic hydroxyl groups is 1. The maximum absolute atomic E-state index is 13.1. The number of phenols is 1. The van der Waals surface area contributed by atoms with Gasteiger partial charge < -0.3 is 46.1 Å². The summed E-state index contributed by atoms with van der Waals surface area (Å²) in [4.78, 5) is 25.2. The van der Waals surface area contributed by atoms with Crippen LogP contribution < -0.4 is 36.5 Å². The van der Waals surface area contributed by atoms with E-state index in [-0.39, 0.29) is 45.7 Å². The fraction of sp³-hybridized carbons (Fsp3) is 0.471. The van der Waals surface area contributed by atoms with Crippen LogP contribution in [0.3, 0.4) is 0 Å². The molecule has 0 spiro atoms. The molecule has 2 N–H and O–H groups in total. The van der Waals surface area contributed by atoms with Gasteiger partial charge in [-0.25, -0.2) is 0 Å². The van der Waals surface area contributed by atoms with Gasteiger partial charge in [-0.1, -0.05) is 31.6 Å². The zero-order valence-corrected chi connectivity index (χ0v) is 28.0. The standard InChI is InChI=1S/C34H46N2O6.BrH/c1-7-8-20-35-31(38)24-36(4,5)21-10-9-11-22-41-26-15-12-25(13-16-26)14-17-28(37)32-30(40-6)23-29-27(33(32)39)18-19-34(2,3)42-29;/h12-19,23H,7-11,20-22,24H2,1-6H3,(H-,35,37,38,39);1H/b17-14+;. The lowest BCUT2D eigenvalue weighted by molar-refractivity contribution is -0.882. The number of hydrogen-bond acceptors (Lipinski definition) is 6. The fourth-order valence-corrected chi connectivity index (χ4v) is 4.75. The number of phenolic OH excluding ortho intramolecular Hbond substituents is 1. The highest BCUT2D eigenvalue weighted by molar-refractivity contribution is 6.11. The molecule has 1 aliphatic heterocycles. The largest absolute Gasteiger partial charge is 1.00 e. The molecule has 0 saturated carbocycles. The molecule has 8 nitrogen and oxygen atoms in total. The number of quaternary nitrogens is 1. The number of nitrogens with one attached hydrogen (secondary N) is 1. The molecule has 0 saturated heterocycles. The van der Waals surface area contributed by atoms with Crippen molar-refractivity contribution in [3.63, 3.8) is 0 Å². The maximum atomic E-state index is 13.1. The van der Waals surface area contributed by atoms with Crippen molar-refractivity contribution in [2.45, 2.75) is 58.5 Å². The number of allylic oxidation sites excluding steroid dienone is 1. The van der Waals surface area contributed by atoms with E-state index in [1.807, 2.05) is 44.2 Å². The number of ketones is 1. The average molecular weight is 660 g/mol. The lowest BCUT2D eigenvalue weighted by Gasteiger charge is -2.29. The molecule has 0 radical (unpaired) electrons. The minimum atomic E-state index is -0.518. The number of carbonyl (C=O) groups excluding carboxylic acids is 2. The smallest absolute Gasteiger partial charge is 0.275 e. The van der Waals surface area contributed by atoms with Crippen molar-refractivity contribution in [3.05, 3.63) is 59.2 Å². The molecule has 2 aromatic rings. The second-order valence-electron chi connectivity index (χ2n) is 11.9. The van der Waals surface area contributed by atoms with E-state index < -0.39 is 5.60 Å². The predicted octanol–water partition coefficient (Wildman–Crippen LogP) is 3.03. The van der Waals surface area contributed by atoms with Crippen LogP contribution in [-0.4, -0.2) is 74.3 Å². The first-order valence-corrected chi connectivity index (χ1v) is 14.8. The average Bonchev–Trinajstić information content (AvgIpc) is 2.93. The number of likely N-dealkylation sites (N-methyl/N-ethyl adjacent to an activating group) is 1. The van der Waals surface area contributed by atoms with Crippen LogP contribution in [0.25, 0.3) is 12.2 Å². The first kappa shape index (κ1) is 35.9. The van der Waals surface area contributed by atoms with Crippen molar-refractivity contribution in [2.75, 3.05) is 47.4 Å². The second-order valence-corrected chi connectivity index (χ2v) is 11.9. The van der Waals surface area contributed by atoms with Crippen molar-refractivity contribution < 1.29 is 50.4 Å². The highest BCUT2D eigenvalue weighted by atomic mass is 79.9. The SMILES string of the molecule is CCCCNC(=O)C[N+](C)(C)CCCCCOc1ccc(/C=C/C(=O)c2c(OC)cc3c(c2O)C=CC(C)(C)O3)cc1.[Br-]. The lowest BCUT2D eigenvalue weighted by atomic mass is 9.97. The van der Waals surface area contributed by atoms with Crippen molar-refractivity contribution >= 4 is 23.8 Å². The fourth-order valence-electron chi connectivity index (χ4n) is 4.75. The molecular weight excluding hydrogens is 612 g/mol. The lowest BCUT2D eigenvalue weighted by Crippen LogP contribution is -3.00. The van der Waals surface area contributed by atoms with Gasteiger partial charge in [0.15, 0.2) is 12.3 Å². The summed E-state index contributed by atoms with van der Waals surface area (Å²) in [5, 5.41) is 13.9. The molecule has 0 bridgehead atoms. The molecule has 0 fully saturated rings. The Morgan fingerprint density at radius 2 is 1.81 bits per heavy atom. The molecule has 236 valence electrons. The summed E-state index contributed by atoms with van der Waals surface area (Å²) in [5.74, 6) is 1.08. The van der Waals surface area contributed by atoms with E-state index in [2.05, 4.69) is 26.3 Å². The third-order valence-corrected chi connectivity index (χ3v) is 7.16. The van der Waals surface area contributed by atoms with Gasteiger partial charge in [0, 0.05) is 12.6 Å². The number of halogens is 1. The monoisotopic (exact) mass is 658 g/mol. The van der Waals surface area contributed by atoms with E-state index in [1.54, 1.807) is 18.2 Å². The number of nitrogens with zero attached hydrogens (tertiary/aromatic N) is 1. The Balaban J connectivity index is 0.00000645. The number of amides is 1. The van der Waals surface area contributed by atoms with Crippen LogP contribution in [0.5, 0.6) is 23.0 Å². The minimum absolute atomic E-state index is 0. The first-order chi connectivity index (χ1) is 19.9. The summed E-state index contributed by atoms with van der Waals surface area (Å²) in [6.07, 6.45) is 11.8. The van der Waals surface area contributed by atoms with Crippen LogP contribution >= 0.6 is 0 Å². The van der Waals surface area contributed by atoms with E-state index in [0.29, 0.717) is 28.9 Å². The van der Waals surface area contributed by atoms with E-state index in [1.165, 1.54) is 13.2 Å². The van der Waals surface area contributed by atoms with Crippen molar-refractivity contribution in [3.8, 4) is 23.0 Å². The first-order valence-electron chi connectivity index (χ1n) is 14.8. The van der Waals surface area contributed by atoms with Crippen molar-refractivity contribution in [2.24, 2.45) is 0 Å². The molecule has 1 heterocycles. The Labute approximate surface area is 267 Å². The Hall–Kier alpha value is -3.30. The van der Waals surface area contributed by atoms with Gasteiger partial charge >= 0.3 is 0 Å². The van der Waals surface area contributed by atoms with Gasteiger partial charge in [0.1, 0.15) is 34.2 Å². The van der Waals surface area contributed by atoms with Gasteiger partial charge in [-0.3, -0.25) is 9.59 Å². The number of carbonyl (C=O) groups is 2. The highest BCUT2D eigenvalue weighted by Gasteiger charge is 2.28. The zero-order chi connectivity index (χ0) is 30.8. The topological polar surface area (TPSA) is 94.1 Å². The Morgan fingerprint density at radius 3 is 2.49 bits per heavy atom. The molecule has 0 aromatic heterocycles. The quantitative estimate of drug-likeness (QED) is 0.125. The Morgan fingerprint density at radius 1 is 1.09 bits per heavy atom. The van der Waals surface area contributed by atoms with Crippen LogP contribution in [0.2, 0.25) is 0 Å². The van der Waals surface area contributed by atoms with Gasteiger partial charge in [0.2, 0.25) is 0 Å². The number of fused-ring (bicyclic) bond motifs is 1. The van der Waals surface area contributed by atoms with Crippen LogP contribution in [-0.2, 0) is 4.79 Å². The van der Waals surface area contributed by atoms with Crippen LogP contribution in [0, 0.1) is 0 Å². The van der Waals surface area contributed by atoms with Crippen molar-refractivity contribution in [1.82, 2.24) is 5.32 Å². The van der Waals surface area contributed by atoms with E-state index in [9.17, 15) is 14.7 Å². The van der Waals surface area contributed by atoms with Gasteiger partial charge in [0.05, 0.1) is 39.9 Å². The third-order valence-electron chi connectivity index (χ3n) is 7.16. The summed E-state index contributed by atoms with van der Waals surface area (Å²) in [5.41, 5.74) is 0.866. The minimum Gasteiger partial charge on any atom is -1.00 e. The normalized spacial score (nSPS) is 13.5. The molecule has 0 atom stereocenters. The molecule has 1 aliphatic rings. The van der Waals surface area contributed by atoms with Crippen LogP contribution in [0.15, 0.2) is 42.5 Å². The highest BCUT2D eigenvalue weighted by Crippen LogP contribution is 2.43. The maximum Gasteiger partial charge on any atom is 0.275 e. The van der Waals surface area contributed by atoms with Gasteiger partial charge in [-0.15, -0.1) is 0 Å². The summed E-state index contributed by atoms with van der Waals surface area (Å²) < 4.78 is 17.9. The van der Waals surface area contributed by atoms with Crippen molar-refractivity contribution in [1.29, 1.82) is 0 Å². The van der Waals surface area contributed by atoms with E-state index >= 15 is 0 Å². The Kier molecular flexibility index (Phi) is 13.8. The number of ether oxygens (including phenoxy) is 3. The summed E-state index contributed by atoms with van der Waals surface area (Å²) in [7, 11) is 5.65. The number of rotatable bonds is 16. The number of unbranched alkanes of at least 4 members (excludes halogenated alkanes) is 3. The molecule has 1 amide bonds. The number of methoxy groups -OCH3 is 1. The van der Waals surface area contributed by atoms with E-state index in [4.69, 9.17) is 14.2 Å². The summed E-state index contributed by atoms with van der Waals surface area (Å²) in [6, 6.07) is 9.16. The Bertz CT molecular complexity index is 1280. The summed E-state index contributed by atoms with van der Waals surface area (Å²) in [6.45, 7) is 8.75. The van der Waals surface area contributed by atoms with Crippen LogP contribution in [0.4, 0.5) is 0 Å². The molecule has 3 rings (SSSR count). The molecule has 0 aliphatic carbocycles. The summed E-state index contributed by atoms with van der Waals surface area (Å²) >= 11 is 0. The van der Waals surface area contributed by atoms with E-state index in [0.717, 1.165) is 56.5 Å². The predicted molar refractivity (Wildman–Crippen MR) is 167 cm³/mol. The van der Waals surface area contributed by atoms with Gasteiger partial charge in [-0.2, -0.15) is 0 Å². The third kappa shape index (κ3) is 11.0. The molecule has 2 aromatic carbocycles. The molecule has 0 unspecified atom stereocenters. The van der Waals surface area contributed by atoms with Gasteiger partial charge in [-0.05, 0) is 75.5 Å².